The van der Waals surface area contributed by atoms with Crippen molar-refractivity contribution in [3.8, 4) is 6.57 Å². The summed E-state index contributed by atoms with van der Waals surface area (Å²) in [5.41, 5.74) is 5.48. The lowest BCUT2D eigenvalue weighted by molar-refractivity contribution is 0.463. The number of hydrogen-bond donors (Lipinski definition) is 1. The van der Waals surface area contributed by atoms with Crippen LogP contribution in [-0.4, -0.2) is 18.0 Å². The Balaban J connectivity index is 4.37. The lowest BCUT2D eigenvalue weighted by atomic mass is 9.96. The maximum atomic E-state index is 5.62. The molecular formula is C7H15N4+. The van der Waals surface area contributed by atoms with E-state index in [4.69, 9.17) is 12.3 Å². The zero-order valence-corrected chi connectivity index (χ0v) is 7.50. The van der Waals surface area contributed by atoms with E-state index in [9.17, 15) is 0 Å². The fraction of sp³-hybridized carbons (Fsp3) is 0.714. The molecule has 0 rings (SSSR count). The van der Waals surface area contributed by atoms with Crippen LogP contribution in [0.3, 0.4) is 0 Å². The van der Waals surface area contributed by atoms with Gasteiger partial charge in [0, 0.05) is 10.5 Å². The molecule has 0 aromatic carbocycles. The molecule has 0 aromatic rings. The second-order valence-corrected chi connectivity index (χ2v) is 3.34. The molecule has 2 N–H and O–H groups in total. The van der Waals surface area contributed by atoms with Gasteiger partial charge >= 0.3 is 0 Å². The van der Waals surface area contributed by atoms with E-state index in [0.717, 1.165) is 0 Å². The average molecular weight is 155 g/mol. The van der Waals surface area contributed by atoms with Crippen molar-refractivity contribution in [1.29, 1.82) is 0 Å². The molecule has 0 aliphatic rings. The highest BCUT2D eigenvalue weighted by atomic mass is 15.6. The third-order valence-electron chi connectivity index (χ3n) is 1.19. The van der Waals surface area contributed by atoms with Crippen LogP contribution in [0.5, 0.6) is 0 Å². The van der Waals surface area contributed by atoms with Crippen LogP contribution in [0.15, 0.2) is 5.10 Å². The fourth-order valence-electron chi connectivity index (χ4n) is 0.332. The topological polar surface area (TPSA) is 46.0 Å². The lowest BCUT2D eigenvalue weighted by Crippen LogP contribution is -2.30. The molecule has 0 unspecified atom stereocenters. The molecule has 0 aliphatic heterocycles. The third-order valence-corrected chi connectivity index (χ3v) is 1.19. The largest absolute Gasteiger partial charge is 0.364 e. The van der Waals surface area contributed by atoms with Crippen LogP contribution in [0, 0.1) is 12.0 Å². The van der Waals surface area contributed by atoms with Crippen LogP contribution in [0.2, 0.25) is 0 Å². The number of nitrogens with two attached hydrogens (primary N) is 1. The SMILES string of the molecule is C#[N+]N(C)/N=C(\N)C(C)(C)C. The molecule has 4 heteroatoms. The van der Waals surface area contributed by atoms with Gasteiger partial charge in [0.25, 0.3) is 0 Å². The predicted molar refractivity (Wildman–Crippen MR) is 47.1 cm³/mol. The van der Waals surface area contributed by atoms with Crippen LogP contribution in [0.4, 0.5) is 0 Å². The summed E-state index contributed by atoms with van der Waals surface area (Å²) in [4.78, 5) is 3.31. The summed E-state index contributed by atoms with van der Waals surface area (Å²) in [5, 5.41) is 5.14. The van der Waals surface area contributed by atoms with E-state index in [0.29, 0.717) is 5.84 Å². The molecule has 0 atom stereocenters. The average Bonchev–Trinajstić information content (AvgIpc) is 1.85. The summed E-state index contributed by atoms with van der Waals surface area (Å²) in [6, 6.07) is 0. The maximum Gasteiger partial charge on any atom is 0.246 e. The van der Waals surface area contributed by atoms with E-state index in [1.54, 1.807) is 7.05 Å². The van der Waals surface area contributed by atoms with E-state index in [2.05, 4.69) is 10.1 Å². The molecule has 0 saturated heterocycles. The molecule has 0 saturated carbocycles. The van der Waals surface area contributed by atoms with Crippen molar-refractivity contribution < 1.29 is 0 Å². The molecule has 62 valence electrons. The Morgan fingerprint density at radius 3 is 2.27 bits per heavy atom. The minimum Gasteiger partial charge on any atom is -0.364 e. The summed E-state index contributed by atoms with van der Waals surface area (Å²) < 4.78 is 0. The van der Waals surface area contributed by atoms with Crippen LogP contribution < -0.4 is 5.73 Å². The maximum absolute atomic E-state index is 5.62. The second-order valence-electron chi connectivity index (χ2n) is 3.34. The predicted octanol–water partition coefficient (Wildman–Crippen LogP) is 1.11. The van der Waals surface area contributed by atoms with E-state index >= 15 is 0 Å². The van der Waals surface area contributed by atoms with Crippen molar-refractivity contribution in [1.82, 2.24) is 5.12 Å². The molecule has 0 aliphatic carbocycles. The Morgan fingerprint density at radius 2 is 2.00 bits per heavy atom. The van der Waals surface area contributed by atoms with Gasteiger partial charge in [0.15, 0.2) is 6.57 Å². The Morgan fingerprint density at radius 1 is 1.55 bits per heavy atom. The minimum absolute atomic E-state index is 0.140. The smallest absolute Gasteiger partial charge is 0.246 e. The summed E-state index contributed by atoms with van der Waals surface area (Å²) in [6.07, 6.45) is 0. The molecule has 0 aromatic heterocycles. The van der Waals surface area contributed by atoms with Crippen LogP contribution in [0.1, 0.15) is 20.8 Å². The molecule has 0 radical (unpaired) electrons. The van der Waals surface area contributed by atoms with E-state index in [1.165, 1.54) is 5.12 Å². The summed E-state index contributed by atoms with van der Waals surface area (Å²) in [7, 11) is 1.62. The number of rotatable bonds is 1. The fourth-order valence-corrected chi connectivity index (χ4v) is 0.332. The van der Waals surface area contributed by atoms with Gasteiger partial charge in [-0.05, 0) is 0 Å². The highest BCUT2D eigenvalue weighted by Gasteiger charge is 2.22. The van der Waals surface area contributed by atoms with Gasteiger partial charge in [0.2, 0.25) is 5.84 Å². The van der Waals surface area contributed by atoms with Gasteiger partial charge in [-0.3, -0.25) is 0 Å². The van der Waals surface area contributed by atoms with Crippen LogP contribution >= 0.6 is 0 Å². The minimum atomic E-state index is -0.140. The Bertz CT molecular complexity index is 193. The van der Waals surface area contributed by atoms with Gasteiger partial charge in [0.05, 0.1) is 5.10 Å². The van der Waals surface area contributed by atoms with E-state index in [-0.39, 0.29) is 5.41 Å². The van der Waals surface area contributed by atoms with Crippen molar-refractivity contribution >= 4 is 5.84 Å². The lowest BCUT2D eigenvalue weighted by Gasteiger charge is -2.11. The van der Waals surface area contributed by atoms with Gasteiger partial charge < -0.3 is 5.73 Å². The van der Waals surface area contributed by atoms with Gasteiger partial charge in [-0.15, -0.1) is 0 Å². The molecule has 0 amide bonds. The van der Waals surface area contributed by atoms with E-state index < -0.39 is 0 Å². The number of nitrogens with zero attached hydrogens (tertiary/aromatic N) is 3. The summed E-state index contributed by atoms with van der Waals surface area (Å²) in [5.74, 6) is 0.509. The number of amidine groups is 1. The Labute approximate surface area is 67.5 Å². The molecule has 0 bridgehead atoms. The first-order valence-electron chi connectivity index (χ1n) is 3.37. The van der Waals surface area contributed by atoms with Crippen molar-refractivity contribution in [2.75, 3.05) is 7.05 Å². The molecule has 0 spiro atoms. The standard InChI is InChI=1S/C7H15N4/c1-7(2,3)6(8)10-11(5)9-4/h4H,1-3,5H3,(H2,8,10)/q+1. The van der Waals surface area contributed by atoms with Crippen molar-refractivity contribution in [3.63, 3.8) is 0 Å². The van der Waals surface area contributed by atoms with Crippen LogP contribution in [-0.2, 0) is 0 Å². The Kier molecular flexibility index (Phi) is 2.87. The quantitative estimate of drug-likeness (QED) is 0.350. The molecular weight excluding hydrogens is 140 g/mol. The van der Waals surface area contributed by atoms with Crippen molar-refractivity contribution in [2.45, 2.75) is 20.8 Å². The first-order valence-corrected chi connectivity index (χ1v) is 3.37. The molecule has 0 fully saturated rings. The Hall–Kier alpha value is -1.24. The van der Waals surface area contributed by atoms with Crippen molar-refractivity contribution in [2.24, 2.45) is 16.3 Å². The zero-order chi connectivity index (χ0) is 9.07. The molecule has 11 heavy (non-hydrogen) atoms. The highest BCUT2D eigenvalue weighted by Crippen LogP contribution is 2.12. The summed E-state index contributed by atoms with van der Waals surface area (Å²) in [6.45, 7) is 10.9. The first kappa shape index (κ1) is 9.76. The normalized spacial score (nSPS) is 12.5. The van der Waals surface area contributed by atoms with E-state index in [1.807, 2.05) is 20.8 Å². The van der Waals surface area contributed by atoms with Crippen LogP contribution in [0.25, 0.3) is 4.95 Å². The van der Waals surface area contributed by atoms with Crippen molar-refractivity contribution in [3.05, 3.63) is 4.95 Å². The molecule has 0 heterocycles. The van der Waals surface area contributed by atoms with Gasteiger partial charge in [0.1, 0.15) is 7.05 Å². The molecule has 4 nitrogen and oxygen atoms in total. The third kappa shape index (κ3) is 3.46. The van der Waals surface area contributed by atoms with Gasteiger partial charge in [-0.1, -0.05) is 25.7 Å². The van der Waals surface area contributed by atoms with Gasteiger partial charge in [-0.25, -0.2) is 0 Å². The van der Waals surface area contributed by atoms with Gasteiger partial charge in [-0.2, -0.15) is 0 Å². The number of hydrazone groups is 1. The zero-order valence-electron chi connectivity index (χ0n) is 7.50. The monoisotopic (exact) mass is 155 g/mol. The summed E-state index contributed by atoms with van der Waals surface area (Å²) >= 11 is 0. The number of hydrogen-bond acceptors (Lipinski definition) is 2. The highest BCUT2D eigenvalue weighted by molar-refractivity contribution is 5.85. The first-order chi connectivity index (χ1) is 4.88. The second kappa shape index (κ2) is 3.24.